The van der Waals surface area contributed by atoms with Crippen LogP contribution in [0, 0.1) is 11.3 Å². The minimum absolute atomic E-state index is 0.573. The summed E-state index contributed by atoms with van der Waals surface area (Å²) in [5.41, 5.74) is 1.83. The number of hydrogen-bond acceptors (Lipinski definition) is 5. The number of pyridine rings is 1. The Balaban J connectivity index is 1.82. The summed E-state index contributed by atoms with van der Waals surface area (Å²) in [5, 5.41) is 13.7. The van der Waals surface area contributed by atoms with Crippen LogP contribution < -0.4 is 5.32 Å². The molecule has 0 aliphatic heterocycles. The van der Waals surface area contributed by atoms with E-state index in [1.54, 1.807) is 12.3 Å². The molecule has 0 amide bonds. The number of hydrogen-bond donors (Lipinski definition) is 2. The van der Waals surface area contributed by atoms with Crippen molar-refractivity contribution in [1.29, 1.82) is 5.26 Å². The quantitative estimate of drug-likeness (QED) is 0.519. The molecule has 0 bridgehead atoms. The number of aromatic nitrogens is 1. The van der Waals surface area contributed by atoms with Gasteiger partial charge in [0.25, 0.3) is 0 Å². The molecule has 2 aromatic heterocycles. The molecule has 0 saturated heterocycles. The number of thiocarbonyl (C=S) groups is 1. The second-order valence-corrected chi connectivity index (χ2v) is 7.09. The molecule has 2 heterocycles. The molecule has 114 valence electrons. The smallest absolute Gasteiger partial charge is 0.125 e. The molecule has 0 aliphatic carbocycles. The van der Waals surface area contributed by atoms with E-state index in [4.69, 9.17) is 29.1 Å². The van der Waals surface area contributed by atoms with Gasteiger partial charge in [0.2, 0.25) is 0 Å². The zero-order valence-electron chi connectivity index (χ0n) is 11.7. The summed E-state index contributed by atoms with van der Waals surface area (Å²) in [6, 6.07) is 11.5. The molecule has 0 aliphatic rings. The van der Waals surface area contributed by atoms with Gasteiger partial charge < -0.3 is 5.32 Å². The topological polar surface area (TPSA) is 48.7 Å². The summed E-state index contributed by atoms with van der Waals surface area (Å²) in [4.78, 5) is 7.08. The molecule has 7 heteroatoms. The van der Waals surface area contributed by atoms with Crippen molar-refractivity contribution in [2.45, 2.75) is 11.4 Å². The van der Waals surface area contributed by atoms with Gasteiger partial charge in [0, 0.05) is 33.6 Å². The second-order valence-electron chi connectivity index (χ2n) is 4.77. The van der Waals surface area contributed by atoms with Crippen LogP contribution in [0.1, 0.15) is 16.0 Å². The van der Waals surface area contributed by atoms with Crippen molar-refractivity contribution in [2.24, 2.45) is 0 Å². The van der Waals surface area contributed by atoms with Crippen LogP contribution in [-0.4, -0.2) is 9.97 Å². The lowest BCUT2D eigenvalue weighted by Gasteiger charge is -2.10. The van der Waals surface area contributed by atoms with Crippen LogP contribution in [0.5, 0.6) is 0 Å². The van der Waals surface area contributed by atoms with Gasteiger partial charge in [-0.3, -0.25) is 0 Å². The molecular weight excluding hydrogens is 366 g/mol. The number of nitrogens with one attached hydrogen (secondary N) is 1. The van der Waals surface area contributed by atoms with Crippen molar-refractivity contribution in [1.82, 2.24) is 10.3 Å². The number of nitriles is 1. The number of rotatable bonds is 3. The maximum absolute atomic E-state index is 9.00. The van der Waals surface area contributed by atoms with Gasteiger partial charge in [-0.25, -0.2) is 4.98 Å². The molecule has 1 N–H and O–H groups in total. The second kappa shape index (κ2) is 6.85. The van der Waals surface area contributed by atoms with Crippen molar-refractivity contribution in [2.75, 3.05) is 0 Å². The van der Waals surface area contributed by atoms with Crippen LogP contribution in [0.4, 0.5) is 0 Å². The number of nitrogens with zero attached hydrogens (tertiary/aromatic N) is 2. The predicted octanol–water partition coefficient (Wildman–Crippen LogP) is 4.58. The molecule has 0 unspecified atom stereocenters. The minimum Gasteiger partial charge on any atom is -0.372 e. The lowest BCUT2D eigenvalue weighted by atomic mass is 10.2. The zero-order valence-corrected chi connectivity index (χ0v) is 15.0. The third-order valence-electron chi connectivity index (χ3n) is 3.25. The van der Waals surface area contributed by atoms with Crippen molar-refractivity contribution < 1.29 is 0 Å². The molecule has 1 aromatic carbocycles. The van der Waals surface area contributed by atoms with Gasteiger partial charge in [0.1, 0.15) is 20.8 Å². The van der Waals surface area contributed by atoms with Gasteiger partial charge in [-0.05, 0) is 23.8 Å². The summed E-state index contributed by atoms with van der Waals surface area (Å²) >= 11 is 17.2. The molecule has 23 heavy (non-hydrogen) atoms. The zero-order chi connectivity index (χ0) is 16.4. The molecular formula is C16H10ClN3S3. The van der Waals surface area contributed by atoms with Crippen LogP contribution in [-0.2, 0) is 6.54 Å². The molecule has 0 saturated carbocycles. The van der Waals surface area contributed by atoms with E-state index < -0.39 is 0 Å². The molecule has 0 fully saturated rings. The molecule has 3 aromatic rings. The van der Waals surface area contributed by atoms with Gasteiger partial charge in [0.15, 0.2) is 0 Å². The Morgan fingerprint density at radius 1 is 1.39 bits per heavy atom. The molecule has 0 atom stereocenters. The fraction of sp³-hybridized carbons (Fsp3) is 0.0625. The molecule has 0 spiro atoms. The third-order valence-corrected chi connectivity index (χ3v) is 5.30. The van der Waals surface area contributed by atoms with Crippen LogP contribution in [0.25, 0.3) is 10.2 Å². The van der Waals surface area contributed by atoms with Crippen molar-refractivity contribution in [3.8, 4) is 6.07 Å². The Bertz CT molecular complexity index is 926. The van der Waals surface area contributed by atoms with Crippen molar-refractivity contribution >= 4 is 63.0 Å². The van der Waals surface area contributed by atoms with E-state index in [0.717, 1.165) is 26.2 Å². The summed E-state index contributed by atoms with van der Waals surface area (Å²) in [7, 11) is 0. The molecule has 3 rings (SSSR count). The van der Waals surface area contributed by atoms with Gasteiger partial charge in [-0.2, -0.15) is 5.26 Å². The Labute approximate surface area is 153 Å². The summed E-state index contributed by atoms with van der Waals surface area (Å²) in [6.45, 7) is 0.592. The maximum Gasteiger partial charge on any atom is 0.125 e. The van der Waals surface area contributed by atoms with E-state index in [1.807, 2.05) is 24.3 Å². The average Bonchev–Trinajstić information content (AvgIpc) is 2.99. The monoisotopic (exact) mass is 375 g/mol. The van der Waals surface area contributed by atoms with E-state index >= 15 is 0 Å². The number of halogens is 1. The normalized spacial score (nSPS) is 10.5. The predicted molar refractivity (Wildman–Crippen MR) is 102 cm³/mol. The first kappa shape index (κ1) is 16.2. The van der Waals surface area contributed by atoms with Crippen LogP contribution >= 0.6 is 47.8 Å². The first-order valence-corrected chi connectivity index (χ1v) is 8.67. The number of thiophene rings is 1. The van der Waals surface area contributed by atoms with E-state index in [1.165, 1.54) is 11.3 Å². The maximum atomic E-state index is 9.00. The average molecular weight is 376 g/mol. The standard InChI is InChI=1S/C16H10ClN3S3/c17-10-3-1-9(2-4-10)7-19-15(22)13-8-20-16-12(14(13)21)5-11(6-18)23-16/h1-5,8H,7H2,(H,19,22)(H,20,21). The number of fused-ring (bicyclic) bond motifs is 1. The third kappa shape index (κ3) is 3.48. The van der Waals surface area contributed by atoms with Crippen LogP contribution in [0.15, 0.2) is 41.4 Å². The van der Waals surface area contributed by atoms with E-state index in [9.17, 15) is 0 Å². The Morgan fingerprint density at radius 3 is 2.83 bits per heavy atom. The highest BCUT2D eigenvalue weighted by Gasteiger charge is 2.12. The van der Waals surface area contributed by atoms with Gasteiger partial charge in [-0.15, -0.1) is 24.0 Å². The SMILES string of the molecule is N#Cc1cc2c(S)c(C(=S)NCc3ccc(Cl)cc3)cnc2s1. The lowest BCUT2D eigenvalue weighted by Crippen LogP contribution is -2.22. The highest BCUT2D eigenvalue weighted by molar-refractivity contribution is 7.82. The largest absolute Gasteiger partial charge is 0.372 e. The number of benzene rings is 1. The lowest BCUT2D eigenvalue weighted by molar-refractivity contribution is 0.926. The Morgan fingerprint density at radius 2 is 2.13 bits per heavy atom. The first-order chi connectivity index (χ1) is 11.1. The van der Waals surface area contributed by atoms with E-state index in [-0.39, 0.29) is 0 Å². The van der Waals surface area contributed by atoms with Crippen molar-refractivity contribution in [3.05, 3.63) is 57.6 Å². The summed E-state index contributed by atoms with van der Waals surface area (Å²) < 4.78 is 0. The van der Waals surface area contributed by atoms with Gasteiger partial charge in [0.05, 0.1) is 0 Å². The molecule has 3 nitrogen and oxygen atoms in total. The fourth-order valence-corrected chi connectivity index (χ4v) is 3.73. The van der Waals surface area contributed by atoms with Crippen LogP contribution in [0.2, 0.25) is 5.02 Å². The van der Waals surface area contributed by atoms with Gasteiger partial charge >= 0.3 is 0 Å². The van der Waals surface area contributed by atoms with Crippen molar-refractivity contribution in [3.63, 3.8) is 0 Å². The highest BCUT2D eigenvalue weighted by Crippen LogP contribution is 2.30. The van der Waals surface area contributed by atoms with Crippen LogP contribution in [0.3, 0.4) is 0 Å². The fourth-order valence-electron chi connectivity index (χ4n) is 2.08. The van der Waals surface area contributed by atoms with E-state index in [0.29, 0.717) is 21.4 Å². The Kier molecular flexibility index (Phi) is 4.83. The summed E-state index contributed by atoms with van der Waals surface area (Å²) in [6.07, 6.45) is 1.69. The van der Waals surface area contributed by atoms with Gasteiger partial charge in [-0.1, -0.05) is 36.0 Å². The highest BCUT2D eigenvalue weighted by atomic mass is 35.5. The molecule has 0 radical (unpaired) electrons. The minimum atomic E-state index is 0.573. The number of thiol groups is 1. The Hall–Kier alpha value is -1.65. The summed E-state index contributed by atoms with van der Waals surface area (Å²) in [5.74, 6) is 0. The van der Waals surface area contributed by atoms with E-state index in [2.05, 4.69) is 29.0 Å². The first-order valence-electron chi connectivity index (χ1n) is 6.62.